The maximum atomic E-state index is 14.0. The molecule has 1 saturated heterocycles. The Hall–Kier alpha value is -1.50. The van der Waals surface area contributed by atoms with E-state index in [4.69, 9.17) is 21.1 Å². The van der Waals surface area contributed by atoms with Gasteiger partial charge in [0.15, 0.2) is 6.29 Å². The van der Waals surface area contributed by atoms with Crippen molar-refractivity contribution in [2.45, 2.75) is 6.29 Å². The molecule has 1 aromatic carbocycles. The van der Waals surface area contributed by atoms with Gasteiger partial charge in [0, 0.05) is 7.05 Å². The number of halogens is 2. The third-order valence-electron chi connectivity index (χ3n) is 3.10. The van der Waals surface area contributed by atoms with Crippen LogP contribution in [0.3, 0.4) is 0 Å². The minimum Gasteiger partial charge on any atom is -0.354 e. The van der Waals surface area contributed by atoms with Crippen molar-refractivity contribution in [2.24, 2.45) is 0 Å². The highest BCUT2D eigenvalue weighted by atomic mass is 35.5. The average Bonchev–Trinajstić information content (AvgIpc) is 2.90. The lowest BCUT2D eigenvalue weighted by Gasteiger charge is -2.22. The molecule has 0 aliphatic carbocycles. The van der Waals surface area contributed by atoms with Gasteiger partial charge in [0.05, 0.1) is 30.7 Å². The second-order valence-electron chi connectivity index (χ2n) is 4.50. The van der Waals surface area contributed by atoms with Crippen molar-refractivity contribution in [2.75, 3.05) is 31.7 Å². The van der Waals surface area contributed by atoms with E-state index in [1.54, 1.807) is 24.1 Å². The van der Waals surface area contributed by atoms with Gasteiger partial charge in [0.2, 0.25) is 5.28 Å². The number of rotatable bonds is 3. The van der Waals surface area contributed by atoms with Crippen LogP contribution in [0.2, 0.25) is 5.28 Å². The number of nitrogens with zero attached hydrogens (tertiary/aromatic N) is 3. The van der Waals surface area contributed by atoms with Crippen LogP contribution >= 0.6 is 11.6 Å². The first-order chi connectivity index (χ1) is 9.65. The lowest BCUT2D eigenvalue weighted by Crippen LogP contribution is -2.30. The van der Waals surface area contributed by atoms with Gasteiger partial charge in [-0.3, -0.25) is 0 Å². The Morgan fingerprint density at radius 1 is 1.35 bits per heavy atom. The van der Waals surface area contributed by atoms with Gasteiger partial charge < -0.3 is 14.4 Å². The maximum Gasteiger partial charge on any atom is 0.224 e. The van der Waals surface area contributed by atoms with Crippen molar-refractivity contribution in [3.05, 3.63) is 29.3 Å². The summed E-state index contributed by atoms with van der Waals surface area (Å²) in [5.74, 6) is 0.0477. The van der Waals surface area contributed by atoms with Gasteiger partial charge in [-0.2, -0.15) is 4.98 Å². The van der Waals surface area contributed by atoms with Gasteiger partial charge in [-0.05, 0) is 23.7 Å². The summed E-state index contributed by atoms with van der Waals surface area (Å²) in [7, 11) is 1.79. The summed E-state index contributed by atoms with van der Waals surface area (Å²) >= 11 is 5.90. The molecule has 1 aromatic heterocycles. The highest BCUT2D eigenvalue weighted by molar-refractivity contribution is 6.28. The van der Waals surface area contributed by atoms with Crippen LogP contribution in [0.1, 0.15) is 0 Å². The van der Waals surface area contributed by atoms with Crippen molar-refractivity contribution in [1.82, 2.24) is 9.97 Å². The molecule has 2 heterocycles. The van der Waals surface area contributed by atoms with Crippen molar-refractivity contribution >= 4 is 28.3 Å². The van der Waals surface area contributed by atoms with E-state index in [1.165, 1.54) is 6.07 Å². The van der Waals surface area contributed by atoms with Crippen LogP contribution in [-0.2, 0) is 9.47 Å². The minimum absolute atomic E-state index is 0.0817. The summed E-state index contributed by atoms with van der Waals surface area (Å²) in [4.78, 5) is 9.93. The molecule has 5 nitrogen and oxygen atoms in total. The Bertz CT molecular complexity index is 634. The fourth-order valence-electron chi connectivity index (χ4n) is 2.19. The zero-order valence-corrected chi connectivity index (χ0v) is 11.6. The third-order valence-corrected chi connectivity index (χ3v) is 3.27. The smallest absolute Gasteiger partial charge is 0.224 e. The standard InChI is InChI=1S/C13H13ClFN3O2/c1-18(7-10-19-5-6-20-10)12-11-8(15)3-2-4-9(11)16-13(14)17-12/h2-4,10H,5-7H2,1H3. The van der Waals surface area contributed by atoms with Gasteiger partial charge >= 0.3 is 0 Å². The van der Waals surface area contributed by atoms with E-state index in [-0.39, 0.29) is 17.4 Å². The summed E-state index contributed by atoms with van der Waals surface area (Å²) in [6.45, 7) is 1.58. The molecule has 3 rings (SSSR count). The molecule has 2 aromatic rings. The summed E-state index contributed by atoms with van der Waals surface area (Å²) in [6.07, 6.45) is -0.337. The number of hydrogen-bond acceptors (Lipinski definition) is 5. The molecule has 1 aliphatic heterocycles. The quantitative estimate of drug-likeness (QED) is 0.813. The van der Waals surface area contributed by atoms with E-state index >= 15 is 0 Å². The van der Waals surface area contributed by atoms with Gasteiger partial charge in [-0.15, -0.1) is 0 Å². The van der Waals surface area contributed by atoms with E-state index in [9.17, 15) is 4.39 Å². The van der Waals surface area contributed by atoms with Crippen molar-refractivity contribution in [3.8, 4) is 0 Å². The first kappa shape index (κ1) is 13.5. The molecule has 0 bridgehead atoms. The molecule has 0 N–H and O–H groups in total. The summed E-state index contributed by atoms with van der Waals surface area (Å²) in [6, 6.07) is 4.67. The van der Waals surface area contributed by atoms with Crippen LogP contribution in [0.25, 0.3) is 10.9 Å². The normalized spacial score (nSPS) is 15.9. The first-order valence-electron chi connectivity index (χ1n) is 6.21. The third kappa shape index (κ3) is 2.54. The molecule has 7 heteroatoms. The van der Waals surface area contributed by atoms with E-state index in [0.717, 1.165) is 0 Å². The second-order valence-corrected chi connectivity index (χ2v) is 4.84. The van der Waals surface area contributed by atoms with Crippen LogP contribution in [0.4, 0.5) is 10.2 Å². The van der Waals surface area contributed by atoms with Gasteiger partial charge in [0.1, 0.15) is 11.6 Å². The zero-order valence-electron chi connectivity index (χ0n) is 10.8. The zero-order chi connectivity index (χ0) is 14.1. The number of benzene rings is 1. The second kappa shape index (κ2) is 5.47. The maximum absolute atomic E-state index is 14.0. The molecule has 1 fully saturated rings. The molecular formula is C13H13ClFN3O2. The molecule has 0 spiro atoms. The monoisotopic (exact) mass is 297 g/mol. The fraction of sp³-hybridized carbons (Fsp3) is 0.385. The van der Waals surface area contributed by atoms with Gasteiger partial charge in [0.25, 0.3) is 0 Å². The van der Waals surface area contributed by atoms with Crippen LogP contribution in [0.15, 0.2) is 18.2 Å². The summed E-state index contributed by atoms with van der Waals surface area (Å²) < 4.78 is 24.8. The number of aromatic nitrogens is 2. The molecule has 0 radical (unpaired) electrons. The topological polar surface area (TPSA) is 47.5 Å². The predicted molar refractivity (Wildman–Crippen MR) is 73.5 cm³/mol. The molecule has 0 amide bonds. The number of fused-ring (bicyclic) bond motifs is 1. The Kier molecular flexibility index (Phi) is 3.69. The van der Waals surface area contributed by atoms with Crippen molar-refractivity contribution in [1.29, 1.82) is 0 Å². The van der Waals surface area contributed by atoms with Crippen molar-refractivity contribution < 1.29 is 13.9 Å². The number of anilines is 1. The Labute approximate surface area is 120 Å². The number of ether oxygens (including phenoxy) is 2. The molecule has 1 aliphatic rings. The van der Waals surface area contributed by atoms with Crippen LogP contribution < -0.4 is 4.90 Å². The lowest BCUT2D eigenvalue weighted by atomic mass is 10.2. The van der Waals surface area contributed by atoms with Crippen LogP contribution in [-0.4, -0.2) is 43.1 Å². The average molecular weight is 298 g/mol. The van der Waals surface area contributed by atoms with E-state index < -0.39 is 0 Å². The molecule has 0 saturated carbocycles. The van der Waals surface area contributed by atoms with Gasteiger partial charge in [-0.1, -0.05) is 6.07 Å². The molecule has 106 valence electrons. The lowest BCUT2D eigenvalue weighted by molar-refractivity contribution is -0.0336. The molecular weight excluding hydrogens is 285 g/mol. The number of likely N-dealkylation sites (N-methyl/N-ethyl adjacent to an activating group) is 1. The highest BCUT2D eigenvalue weighted by Crippen LogP contribution is 2.27. The largest absolute Gasteiger partial charge is 0.354 e. The first-order valence-corrected chi connectivity index (χ1v) is 6.59. The van der Waals surface area contributed by atoms with Gasteiger partial charge in [-0.25, -0.2) is 9.37 Å². The Morgan fingerprint density at radius 3 is 2.85 bits per heavy atom. The number of hydrogen-bond donors (Lipinski definition) is 0. The van der Waals surface area contributed by atoms with Crippen LogP contribution in [0, 0.1) is 5.82 Å². The van der Waals surface area contributed by atoms with Crippen LogP contribution in [0.5, 0.6) is 0 Å². The minimum atomic E-state index is -0.380. The van der Waals surface area contributed by atoms with E-state index in [1.807, 2.05) is 0 Å². The van der Waals surface area contributed by atoms with Crippen molar-refractivity contribution in [3.63, 3.8) is 0 Å². The Morgan fingerprint density at radius 2 is 2.10 bits per heavy atom. The molecule has 0 unspecified atom stereocenters. The summed E-state index contributed by atoms with van der Waals surface area (Å²) in [5.41, 5.74) is 0.472. The SMILES string of the molecule is CN(CC1OCCO1)c1nc(Cl)nc2cccc(F)c12. The summed E-state index contributed by atoms with van der Waals surface area (Å²) in [5, 5.41) is 0.426. The molecule has 20 heavy (non-hydrogen) atoms. The predicted octanol–water partition coefficient (Wildman–Crippen LogP) is 2.23. The highest BCUT2D eigenvalue weighted by Gasteiger charge is 2.21. The fourth-order valence-corrected chi connectivity index (χ4v) is 2.37. The van der Waals surface area contributed by atoms with E-state index in [0.29, 0.717) is 36.5 Å². The van der Waals surface area contributed by atoms with E-state index in [2.05, 4.69) is 9.97 Å². The molecule has 0 atom stereocenters. The Balaban J connectivity index is 2.00.